The first-order valence-corrected chi connectivity index (χ1v) is 11.0. The molecule has 0 spiro atoms. The summed E-state index contributed by atoms with van der Waals surface area (Å²) in [6.45, 7) is 4.85. The number of likely N-dealkylation sites (tertiary alicyclic amines) is 2. The number of carbonyl (C=O) groups is 1. The van der Waals surface area contributed by atoms with Gasteiger partial charge in [-0.25, -0.2) is 0 Å². The van der Waals surface area contributed by atoms with Crippen molar-refractivity contribution in [2.75, 3.05) is 39.3 Å². The molecule has 2 atom stereocenters. The number of benzene rings is 2. The van der Waals surface area contributed by atoms with Crippen LogP contribution >= 0.6 is 12.4 Å². The molecule has 30 heavy (non-hydrogen) atoms. The molecule has 2 aliphatic rings. The van der Waals surface area contributed by atoms with Crippen LogP contribution in [0.1, 0.15) is 29.9 Å². The molecule has 0 unspecified atom stereocenters. The number of hydrogen-bond donors (Lipinski definition) is 1. The van der Waals surface area contributed by atoms with Crippen molar-refractivity contribution in [3.8, 4) is 0 Å². The van der Waals surface area contributed by atoms with Crippen LogP contribution in [0.15, 0.2) is 60.7 Å². The van der Waals surface area contributed by atoms with Crippen molar-refractivity contribution in [2.45, 2.75) is 25.2 Å². The number of nitrogens with zero attached hydrogens (tertiary/aromatic N) is 2. The van der Waals surface area contributed by atoms with E-state index in [0.717, 1.165) is 45.4 Å². The van der Waals surface area contributed by atoms with Gasteiger partial charge in [0.05, 0.1) is 6.54 Å². The maximum Gasteiger partial charge on any atom is 0.236 e. The van der Waals surface area contributed by atoms with Crippen LogP contribution in [0.4, 0.5) is 0 Å². The normalized spacial score (nSPS) is 22.6. The molecule has 162 valence electrons. The SMILES string of the molecule is Cl.NC[C@@H]1CN(CC(=O)N2CCC(Cc3ccccc3)CC2)C[C@H]1c1ccccc1. The molecule has 1 amide bonds. The second kappa shape index (κ2) is 10.9. The Hall–Kier alpha value is -1.88. The Morgan fingerprint density at radius 2 is 1.57 bits per heavy atom. The number of rotatable bonds is 6. The summed E-state index contributed by atoms with van der Waals surface area (Å²) in [5.41, 5.74) is 8.81. The van der Waals surface area contributed by atoms with Crippen LogP contribution in [0.3, 0.4) is 0 Å². The molecule has 0 bridgehead atoms. The van der Waals surface area contributed by atoms with E-state index in [4.69, 9.17) is 5.73 Å². The van der Waals surface area contributed by atoms with Crippen LogP contribution in [0.5, 0.6) is 0 Å². The predicted molar refractivity (Wildman–Crippen MR) is 125 cm³/mol. The van der Waals surface area contributed by atoms with E-state index in [9.17, 15) is 4.79 Å². The topological polar surface area (TPSA) is 49.6 Å². The van der Waals surface area contributed by atoms with Gasteiger partial charge >= 0.3 is 0 Å². The zero-order valence-corrected chi connectivity index (χ0v) is 18.5. The van der Waals surface area contributed by atoms with E-state index in [1.54, 1.807) is 0 Å². The third-order valence-corrected chi connectivity index (χ3v) is 6.74. The first-order valence-electron chi connectivity index (χ1n) is 11.0. The highest BCUT2D eigenvalue weighted by Gasteiger charge is 2.34. The molecular weight excluding hydrogens is 394 g/mol. The van der Waals surface area contributed by atoms with Crippen molar-refractivity contribution in [3.63, 3.8) is 0 Å². The van der Waals surface area contributed by atoms with Crippen LogP contribution in [0.25, 0.3) is 0 Å². The predicted octanol–water partition coefficient (Wildman–Crippen LogP) is 3.56. The maximum atomic E-state index is 12.9. The number of halogens is 1. The van der Waals surface area contributed by atoms with Gasteiger partial charge in [-0.2, -0.15) is 0 Å². The highest BCUT2D eigenvalue weighted by atomic mass is 35.5. The molecule has 2 N–H and O–H groups in total. The first-order chi connectivity index (χ1) is 14.2. The third-order valence-electron chi connectivity index (χ3n) is 6.74. The Morgan fingerprint density at radius 1 is 0.933 bits per heavy atom. The van der Waals surface area contributed by atoms with Crippen LogP contribution in [0.2, 0.25) is 0 Å². The summed E-state index contributed by atoms with van der Waals surface area (Å²) >= 11 is 0. The van der Waals surface area contributed by atoms with Crippen molar-refractivity contribution in [1.29, 1.82) is 0 Å². The van der Waals surface area contributed by atoms with Crippen molar-refractivity contribution in [2.24, 2.45) is 17.6 Å². The van der Waals surface area contributed by atoms with Crippen molar-refractivity contribution < 1.29 is 4.79 Å². The van der Waals surface area contributed by atoms with E-state index in [0.29, 0.717) is 30.8 Å². The lowest BCUT2D eigenvalue weighted by Gasteiger charge is -2.33. The van der Waals surface area contributed by atoms with E-state index in [2.05, 4.69) is 70.5 Å². The largest absolute Gasteiger partial charge is 0.342 e. The van der Waals surface area contributed by atoms with Crippen molar-refractivity contribution in [1.82, 2.24) is 9.80 Å². The molecular formula is C25H34ClN3O. The minimum atomic E-state index is 0. The van der Waals surface area contributed by atoms with E-state index < -0.39 is 0 Å². The fourth-order valence-electron chi connectivity index (χ4n) is 5.03. The smallest absolute Gasteiger partial charge is 0.236 e. The lowest BCUT2D eigenvalue weighted by molar-refractivity contribution is -0.133. The Morgan fingerprint density at radius 3 is 2.20 bits per heavy atom. The molecule has 2 aromatic carbocycles. The zero-order chi connectivity index (χ0) is 20.1. The summed E-state index contributed by atoms with van der Waals surface area (Å²) in [5, 5.41) is 0. The average molecular weight is 428 g/mol. The summed E-state index contributed by atoms with van der Waals surface area (Å²) < 4.78 is 0. The highest BCUT2D eigenvalue weighted by Crippen LogP contribution is 2.32. The van der Waals surface area contributed by atoms with Crippen LogP contribution in [0, 0.1) is 11.8 Å². The standard InChI is InChI=1S/C25H33N3O.ClH/c26-16-23-17-27(18-24(23)22-9-5-2-6-10-22)19-25(29)28-13-11-21(12-14-28)15-20-7-3-1-4-8-20;/h1-10,21,23-24H,11-19,26H2;1H/t23-,24+;/m1./s1. The molecule has 2 fully saturated rings. The summed E-state index contributed by atoms with van der Waals surface area (Å²) in [7, 11) is 0. The molecule has 2 aliphatic heterocycles. The van der Waals surface area contributed by atoms with Gasteiger partial charge in [0.15, 0.2) is 0 Å². The van der Waals surface area contributed by atoms with E-state index in [1.165, 1.54) is 11.1 Å². The quantitative estimate of drug-likeness (QED) is 0.766. The first kappa shape index (κ1) is 22.8. The van der Waals surface area contributed by atoms with Gasteiger partial charge in [0, 0.05) is 32.1 Å². The third kappa shape index (κ3) is 5.63. The molecule has 4 nitrogen and oxygen atoms in total. The molecule has 2 heterocycles. The minimum Gasteiger partial charge on any atom is -0.342 e. The van der Waals surface area contributed by atoms with Crippen LogP contribution in [-0.2, 0) is 11.2 Å². The fourth-order valence-corrected chi connectivity index (χ4v) is 5.03. The number of nitrogens with two attached hydrogens (primary N) is 1. The Kier molecular flexibility index (Phi) is 8.32. The number of amides is 1. The van der Waals surface area contributed by atoms with Gasteiger partial charge in [0.25, 0.3) is 0 Å². The van der Waals surface area contributed by atoms with Gasteiger partial charge in [-0.1, -0.05) is 60.7 Å². The van der Waals surface area contributed by atoms with E-state index in [-0.39, 0.29) is 18.3 Å². The number of hydrogen-bond acceptors (Lipinski definition) is 3. The van der Waals surface area contributed by atoms with Gasteiger partial charge in [0.1, 0.15) is 0 Å². The second-order valence-electron chi connectivity index (χ2n) is 8.72. The van der Waals surface area contributed by atoms with Gasteiger partial charge in [-0.3, -0.25) is 9.69 Å². The molecule has 0 aromatic heterocycles. The summed E-state index contributed by atoms with van der Waals surface area (Å²) in [5.74, 6) is 1.84. The van der Waals surface area contributed by atoms with Crippen molar-refractivity contribution >= 4 is 18.3 Å². The molecule has 0 aliphatic carbocycles. The second-order valence-corrected chi connectivity index (χ2v) is 8.72. The minimum absolute atomic E-state index is 0. The van der Waals surface area contributed by atoms with E-state index in [1.807, 2.05) is 0 Å². The summed E-state index contributed by atoms with van der Waals surface area (Å²) in [4.78, 5) is 17.3. The number of piperidine rings is 1. The van der Waals surface area contributed by atoms with Crippen molar-refractivity contribution in [3.05, 3.63) is 71.8 Å². The van der Waals surface area contributed by atoms with Gasteiger partial charge in [-0.05, 0) is 48.8 Å². The Labute approximate surface area is 186 Å². The highest BCUT2D eigenvalue weighted by molar-refractivity contribution is 5.85. The Balaban J connectivity index is 0.00000256. The van der Waals surface area contributed by atoms with Crippen LogP contribution in [-0.4, -0.2) is 55.0 Å². The fraction of sp³-hybridized carbons (Fsp3) is 0.480. The lowest BCUT2D eigenvalue weighted by atomic mass is 9.89. The van der Waals surface area contributed by atoms with E-state index >= 15 is 0 Å². The summed E-state index contributed by atoms with van der Waals surface area (Å²) in [6, 6.07) is 21.3. The molecule has 0 radical (unpaired) electrons. The average Bonchev–Trinajstić information content (AvgIpc) is 3.18. The lowest BCUT2D eigenvalue weighted by Crippen LogP contribution is -2.44. The molecule has 4 rings (SSSR count). The molecule has 2 aromatic rings. The zero-order valence-electron chi connectivity index (χ0n) is 17.7. The number of carbonyl (C=O) groups excluding carboxylic acids is 1. The van der Waals surface area contributed by atoms with Gasteiger partial charge in [0.2, 0.25) is 5.91 Å². The maximum absolute atomic E-state index is 12.9. The summed E-state index contributed by atoms with van der Waals surface area (Å²) in [6.07, 6.45) is 3.35. The Bertz CT molecular complexity index is 777. The van der Waals surface area contributed by atoms with Gasteiger partial charge < -0.3 is 10.6 Å². The van der Waals surface area contributed by atoms with Crippen LogP contribution < -0.4 is 5.73 Å². The monoisotopic (exact) mass is 427 g/mol. The molecule has 5 heteroatoms. The molecule has 0 saturated carbocycles. The molecule has 2 saturated heterocycles. The van der Waals surface area contributed by atoms with Gasteiger partial charge in [-0.15, -0.1) is 12.4 Å².